The molecular formula is C26H30N2O3. The van der Waals surface area contributed by atoms with E-state index in [0.29, 0.717) is 18.8 Å². The number of para-hydroxylation sites is 1. The van der Waals surface area contributed by atoms with Crippen molar-refractivity contribution < 1.29 is 14.6 Å². The van der Waals surface area contributed by atoms with Gasteiger partial charge in [-0.25, -0.2) is 4.79 Å². The molecule has 31 heavy (non-hydrogen) atoms. The smallest absolute Gasteiger partial charge is 0.352 e. The minimum Gasteiger partial charge on any atom is -0.497 e. The summed E-state index contributed by atoms with van der Waals surface area (Å²) >= 11 is 0. The van der Waals surface area contributed by atoms with Gasteiger partial charge in [-0.3, -0.25) is 0 Å². The van der Waals surface area contributed by atoms with Gasteiger partial charge in [-0.1, -0.05) is 42.0 Å². The lowest BCUT2D eigenvalue weighted by molar-refractivity contribution is 0.0684. The fraction of sp³-hybridized carbons (Fsp3) is 0.346. The predicted molar refractivity (Wildman–Crippen MR) is 124 cm³/mol. The number of carboxylic acids is 1. The Kier molecular flexibility index (Phi) is 6.73. The maximum atomic E-state index is 12.3. The molecule has 0 atom stereocenters. The van der Waals surface area contributed by atoms with Crippen LogP contribution < -0.4 is 10.1 Å². The van der Waals surface area contributed by atoms with Crippen LogP contribution in [-0.2, 0) is 13.1 Å². The summed E-state index contributed by atoms with van der Waals surface area (Å²) in [5.41, 5.74) is 4.73. The Labute approximate surface area is 183 Å². The van der Waals surface area contributed by atoms with E-state index in [0.717, 1.165) is 40.7 Å². The van der Waals surface area contributed by atoms with Gasteiger partial charge in [0.1, 0.15) is 11.4 Å². The number of allylic oxidation sites excluding steroid dienone is 1. The van der Waals surface area contributed by atoms with Gasteiger partial charge in [-0.05, 0) is 62.4 Å². The largest absolute Gasteiger partial charge is 0.497 e. The Morgan fingerprint density at radius 3 is 2.65 bits per heavy atom. The number of fused-ring (bicyclic) bond motifs is 1. The minimum atomic E-state index is -0.892. The standard InChI is InChI=1S/C26H30N2O3/c1-31-21-13-11-20(12-14-21)18-28-24-10-6-5-9-22(24)23(25(28)26(29)30)17-27-16-15-19-7-3-2-4-8-19/h5-7,9-14,27H,2-4,8,15-18H2,1H3,(H,29,30). The van der Waals surface area contributed by atoms with Crippen LogP contribution in [0.25, 0.3) is 10.9 Å². The van der Waals surface area contributed by atoms with Crippen molar-refractivity contribution >= 4 is 16.9 Å². The highest BCUT2D eigenvalue weighted by Gasteiger charge is 2.22. The fourth-order valence-electron chi connectivity index (χ4n) is 4.47. The molecule has 0 unspecified atom stereocenters. The van der Waals surface area contributed by atoms with Crippen LogP contribution in [0, 0.1) is 0 Å². The number of carbonyl (C=O) groups is 1. The highest BCUT2D eigenvalue weighted by atomic mass is 16.5. The van der Waals surface area contributed by atoms with Crippen molar-refractivity contribution in [3.63, 3.8) is 0 Å². The molecule has 0 saturated carbocycles. The van der Waals surface area contributed by atoms with Crippen molar-refractivity contribution in [2.24, 2.45) is 0 Å². The molecule has 0 spiro atoms. The molecule has 5 heteroatoms. The average molecular weight is 419 g/mol. The highest BCUT2D eigenvalue weighted by molar-refractivity contribution is 5.98. The van der Waals surface area contributed by atoms with E-state index in [2.05, 4.69) is 11.4 Å². The van der Waals surface area contributed by atoms with E-state index in [1.165, 1.54) is 31.3 Å². The zero-order chi connectivity index (χ0) is 21.6. The number of rotatable bonds is 9. The van der Waals surface area contributed by atoms with Crippen LogP contribution in [-0.4, -0.2) is 29.3 Å². The van der Waals surface area contributed by atoms with Crippen molar-refractivity contribution in [3.05, 3.63) is 77.0 Å². The maximum absolute atomic E-state index is 12.3. The second kappa shape index (κ2) is 9.84. The van der Waals surface area contributed by atoms with E-state index in [1.807, 2.05) is 53.1 Å². The lowest BCUT2D eigenvalue weighted by atomic mass is 9.97. The molecule has 0 radical (unpaired) electrons. The molecule has 0 saturated heterocycles. The van der Waals surface area contributed by atoms with Crippen LogP contribution in [0.15, 0.2) is 60.2 Å². The molecule has 1 aliphatic carbocycles. The molecule has 0 aliphatic heterocycles. The molecule has 1 aromatic heterocycles. The third kappa shape index (κ3) is 4.83. The zero-order valence-corrected chi connectivity index (χ0v) is 18.1. The molecule has 1 heterocycles. The van der Waals surface area contributed by atoms with Gasteiger partial charge in [0.2, 0.25) is 0 Å². The summed E-state index contributed by atoms with van der Waals surface area (Å²) < 4.78 is 7.16. The van der Waals surface area contributed by atoms with E-state index in [-0.39, 0.29) is 0 Å². The first-order valence-corrected chi connectivity index (χ1v) is 11.0. The third-order valence-corrected chi connectivity index (χ3v) is 6.09. The number of carboxylic acid groups (broad SMARTS) is 1. The normalized spacial score (nSPS) is 13.9. The summed E-state index contributed by atoms with van der Waals surface area (Å²) in [5, 5.41) is 14.6. The van der Waals surface area contributed by atoms with Crippen LogP contribution in [0.1, 0.15) is 53.7 Å². The number of methoxy groups -OCH3 is 1. The van der Waals surface area contributed by atoms with Gasteiger partial charge in [0.05, 0.1) is 7.11 Å². The fourth-order valence-corrected chi connectivity index (χ4v) is 4.47. The summed E-state index contributed by atoms with van der Waals surface area (Å²) in [6.07, 6.45) is 8.38. The monoisotopic (exact) mass is 418 g/mol. The lowest BCUT2D eigenvalue weighted by Gasteiger charge is -2.13. The molecule has 0 amide bonds. The van der Waals surface area contributed by atoms with E-state index in [1.54, 1.807) is 7.11 Å². The number of hydrogen-bond acceptors (Lipinski definition) is 3. The Morgan fingerprint density at radius 1 is 1.13 bits per heavy atom. The number of benzene rings is 2. The van der Waals surface area contributed by atoms with Crippen LogP contribution in [0.4, 0.5) is 0 Å². The molecule has 162 valence electrons. The Bertz CT molecular complexity index is 1080. The Hall–Kier alpha value is -3.05. The molecule has 5 nitrogen and oxygen atoms in total. The van der Waals surface area contributed by atoms with Gasteiger partial charge in [-0.15, -0.1) is 0 Å². The average Bonchev–Trinajstić information content (AvgIpc) is 3.11. The number of hydrogen-bond donors (Lipinski definition) is 2. The predicted octanol–water partition coefficient (Wildman–Crippen LogP) is 5.38. The molecule has 2 N–H and O–H groups in total. The topological polar surface area (TPSA) is 63.5 Å². The highest BCUT2D eigenvalue weighted by Crippen LogP contribution is 2.28. The summed E-state index contributed by atoms with van der Waals surface area (Å²) in [5.74, 6) is -0.103. The van der Waals surface area contributed by atoms with Crippen molar-refractivity contribution in [3.8, 4) is 5.75 Å². The number of nitrogens with one attached hydrogen (secondary N) is 1. The van der Waals surface area contributed by atoms with E-state index in [9.17, 15) is 9.90 Å². The van der Waals surface area contributed by atoms with Crippen molar-refractivity contribution in [2.45, 2.75) is 45.2 Å². The van der Waals surface area contributed by atoms with E-state index >= 15 is 0 Å². The molecule has 3 aromatic rings. The van der Waals surface area contributed by atoms with Crippen LogP contribution >= 0.6 is 0 Å². The molecule has 0 fully saturated rings. The first kappa shape index (κ1) is 21.2. The molecule has 0 bridgehead atoms. The Morgan fingerprint density at radius 2 is 1.94 bits per heavy atom. The second-order valence-corrected chi connectivity index (χ2v) is 8.12. The summed E-state index contributed by atoms with van der Waals surface area (Å²) in [7, 11) is 1.64. The van der Waals surface area contributed by atoms with Gasteiger partial charge in [0.25, 0.3) is 0 Å². The number of ether oxygens (including phenoxy) is 1. The number of aromatic carboxylic acids is 1. The zero-order valence-electron chi connectivity index (χ0n) is 18.1. The van der Waals surface area contributed by atoms with Gasteiger partial charge in [0, 0.05) is 29.6 Å². The summed E-state index contributed by atoms with van der Waals surface area (Å²) in [4.78, 5) is 12.3. The van der Waals surface area contributed by atoms with Gasteiger partial charge in [-0.2, -0.15) is 0 Å². The summed E-state index contributed by atoms with van der Waals surface area (Å²) in [6, 6.07) is 15.7. The lowest BCUT2D eigenvalue weighted by Crippen LogP contribution is -2.19. The van der Waals surface area contributed by atoms with Crippen molar-refractivity contribution in [2.75, 3.05) is 13.7 Å². The molecule has 2 aromatic carbocycles. The van der Waals surface area contributed by atoms with Crippen LogP contribution in [0.5, 0.6) is 5.75 Å². The van der Waals surface area contributed by atoms with Crippen LogP contribution in [0.3, 0.4) is 0 Å². The van der Waals surface area contributed by atoms with Gasteiger partial charge >= 0.3 is 5.97 Å². The van der Waals surface area contributed by atoms with Gasteiger partial charge < -0.3 is 19.7 Å². The minimum absolute atomic E-state index is 0.362. The first-order chi connectivity index (χ1) is 15.2. The maximum Gasteiger partial charge on any atom is 0.352 e. The molecule has 1 aliphatic rings. The second-order valence-electron chi connectivity index (χ2n) is 8.12. The number of nitrogens with zero attached hydrogens (tertiary/aromatic N) is 1. The van der Waals surface area contributed by atoms with Crippen molar-refractivity contribution in [1.29, 1.82) is 0 Å². The van der Waals surface area contributed by atoms with E-state index in [4.69, 9.17) is 4.74 Å². The number of aromatic nitrogens is 1. The van der Waals surface area contributed by atoms with Gasteiger partial charge in [0.15, 0.2) is 0 Å². The molecule has 4 rings (SSSR count). The van der Waals surface area contributed by atoms with E-state index < -0.39 is 5.97 Å². The summed E-state index contributed by atoms with van der Waals surface area (Å²) in [6.45, 7) is 1.91. The van der Waals surface area contributed by atoms with Crippen LogP contribution in [0.2, 0.25) is 0 Å². The van der Waals surface area contributed by atoms with Crippen molar-refractivity contribution in [1.82, 2.24) is 9.88 Å². The first-order valence-electron chi connectivity index (χ1n) is 11.0. The third-order valence-electron chi connectivity index (χ3n) is 6.09. The Balaban J connectivity index is 1.59. The quantitative estimate of drug-likeness (QED) is 0.362. The molecular weight excluding hydrogens is 388 g/mol. The SMILES string of the molecule is COc1ccc(Cn2c(C(=O)O)c(CNCCC3=CCCCC3)c3ccccc32)cc1.